The molecule has 2 aromatic heterocycles. The standard InChI is InChI=1S/C26H24Br2ClN3O3/c27-20-12-19-2-1-18-13-21(29)14-22(28)24(18)25(26(19)32(35)15-20)17-5-7-30(8-6-17)23(33)11-16-3-9-31(34)10-4-16/h3-4,9-10,12-15,17,25H,1-2,5-8,11H2/t25-/m1/s1. The van der Waals surface area contributed by atoms with Crippen molar-refractivity contribution in [3.05, 3.63) is 101 Å². The van der Waals surface area contributed by atoms with Gasteiger partial charge in [-0.25, -0.2) is 0 Å². The summed E-state index contributed by atoms with van der Waals surface area (Å²) in [6, 6.07) is 9.36. The van der Waals surface area contributed by atoms with Gasteiger partial charge in [-0.15, -0.1) is 0 Å². The quantitative estimate of drug-likeness (QED) is 0.310. The molecule has 1 aliphatic carbocycles. The summed E-state index contributed by atoms with van der Waals surface area (Å²) < 4.78 is 3.44. The largest absolute Gasteiger partial charge is 0.619 e. The lowest BCUT2D eigenvalue weighted by Crippen LogP contribution is -2.43. The molecule has 3 heterocycles. The van der Waals surface area contributed by atoms with Crippen LogP contribution < -0.4 is 9.46 Å². The molecule has 0 bridgehead atoms. The molecule has 1 fully saturated rings. The highest BCUT2D eigenvalue weighted by molar-refractivity contribution is 9.10. The van der Waals surface area contributed by atoms with Crippen LogP contribution in [0.3, 0.4) is 0 Å². The fourth-order valence-electron chi connectivity index (χ4n) is 5.53. The predicted octanol–water partition coefficient (Wildman–Crippen LogP) is 4.84. The summed E-state index contributed by atoms with van der Waals surface area (Å²) in [7, 11) is 0. The van der Waals surface area contributed by atoms with Crippen LogP contribution in [0, 0.1) is 16.3 Å². The van der Waals surface area contributed by atoms with Crippen LogP contribution in [0.4, 0.5) is 0 Å². The van der Waals surface area contributed by atoms with Crippen LogP contribution in [0.15, 0.2) is 57.9 Å². The van der Waals surface area contributed by atoms with E-state index in [0.717, 1.165) is 61.7 Å². The van der Waals surface area contributed by atoms with Crippen molar-refractivity contribution in [1.82, 2.24) is 4.90 Å². The van der Waals surface area contributed by atoms with Gasteiger partial charge in [0, 0.05) is 40.3 Å². The molecule has 1 aliphatic heterocycles. The molecule has 0 unspecified atom stereocenters. The number of fused-ring (bicyclic) bond motifs is 2. The van der Waals surface area contributed by atoms with Crippen molar-refractivity contribution in [2.24, 2.45) is 5.92 Å². The van der Waals surface area contributed by atoms with Gasteiger partial charge in [-0.1, -0.05) is 27.5 Å². The van der Waals surface area contributed by atoms with E-state index in [-0.39, 0.29) is 24.2 Å². The van der Waals surface area contributed by atoms with Crippen molar-refractivity contribution in [1.29, 1.82) is 0 Å². The molecular formula is C26H24Br2ClN3O3. The van der Waals surface area contributed by atoms with Crippen molar-refractivity contribution >= 4 is 49.4 Å². The molecule has 3 aromatic rings. The second-order valence-electron chi connectivity index (χ2n) is 9.29. The zero-order valence-corrected chi connectivity index (χ0v) is 22.9. The number of halogens is 3. The van der Waals surface area contributed by atoms with Crippen molar-refractivity contribution in [2.75, 3.05) is 13.1 Å². The minimum atomic E-state index is -0.0846. The number of hydrogen-bond donors (Lipinski definition) is 0. The SMILES string of the molecule is O=C(Cc1cc[n+]([O-])cc1)N1CCC([C@@H]2c3c(Br)cc(Cl)cc3CCc3cc(Br)c[n+]([O-])c32)CC1. The zero-order valence-electron chi connectivity index (χ0n) is 18.9. The van der Waals surface area contributed by atoms with E-state index < -0.39 is 0 Å². The number of aromatic nitrogens is 2. The lowest BCUT2D eigenvalue weighted by atomic mass is 9.76. The monoisotopic (exact) mass is 619 g/mol. The second kappa shape index (κ2) is 10.1. The first-order valence-electron chi connectivity index (χ1n) is 11.6. The average molecular weight is 622 g/mol. The van der Waals surface area contributed by atoms with Crippen LogP contribution >= 0.6 is 43.5 Å². The molecule has 1 atom stereocenters. The molecule has 1 aromatic carbocycles. The van der Waals surface area contributed by atoms with E-state index in [0.29, 0.717) is 22.8 Å². The molecule has 182 valence electrons. The Morgan fingerprint density at radius 3 is 2.46 bits per heavy atom. The molecule has 2 aliphatic rings. The minimum absolute atomic E-state index is 0.0598. The van der Waals surface area contributed by atoms with Gasteiger partial charge < -0.3 is 15.3 Å². The Labute approximate surface area is 225 Å². The number of carbonyl (C=O) groups excluding carboxylic acids is 1. The lowest BCUT2D eigenvalue weighted by Gasteiger charge is -2.36. The van der Waals surface area contributed by atoms with E-state index >= 15 is 0 Å². The number of nitrogens with zero attached hydrogens (tertiary/aromatic N) is 3. The summed E-state index contributed by atoms with van der Waals surface area (Å²) in [4.78, 5) is 14.8. The Morgan fingerprint density at radius 2 is 1.74 bits per heavy atom. The topological polar surface area (TPSA) is 74.2 Å². The van der Waals surface area contributed by atoms with Gasteiger partial charge in [-0.3, -0.25) is 4.79 Å². The van der Waals surface area contributed by atoms with E-state index in [9.17, 15) is 15.2 Å². The summed E-state index contributed by atoms with van der Waals surface area (Å²) >= 11 is 13.6. The predicted molar refractivity (Wildman–Crippen MR) is 140 cm³/mol. The van der Waals surface area contributed by atoms with Gasteiger partial charge in [0.05, 0.1) is 16.8 Å². The van der Waals surface area contributed by atoms with E-state index in [1.807, 2.05) is 17.0 Å². The number of rotatable bonds is 3. The van der Waals surface area contributed by atoms with Gasteiger partial charge in [-0.2, -0.15) is 9.46 Å². The van der Waals surface area contributed by atoms with Gasteiger partial charge in [0.2, 0.25) is 11.6 Å². The number of pyridine rings is 2. The van der Waals surface area contributed by atoms with Crippen molar-refractivity contribution in [2.45, 2.75) is 38.0 Å². The van der Waals surface area contributed by atoms with E-state index in [4.69, 9.17) is 11.6 Å². The van der Waals surface area contributed by atoms with Crippen LogP contribution in [-0.4, -0.2) is 23.9 Å². The Balaban J connectivity index is 1.43. The maximum Gasteiger partial charge on any atom is 0.226 e. The first-order chi connectivity index (χ1) is 16.8. The summed E-state index contributed by atoms with van der Waals surface area (Å²) in [5.74, 6) is 0.188. The minimum Gasteiger partial charge on any atom is -0.619 e. The average Bonchev–Trinajstić information content (AvgIpc) is 2.98. The molecule has 0 spiro atoms. The molecule has 1 saturated heterocycles. The Morgan fingerprint density at radius 1 is 1.06 bits per heavy atom. The fourth-order valence-corrected chi connectivity index (χ4v) is 7.11. The molecule has 9 heteroatoms. The lowest BCUT2D eigenvalue weighted by molar-refractivity contribution is -0.616. The van der Waals surface area contributed by atoms with Gasteiger partial charge in [0.25, 0.3) is 0 Å². The van der Waals surface area contributed by atoms with Crippen LogP contribution in [0.2, 0.25) is 5.02 Å². The Bertz CT molecular complexity index is 1220. The van der Waals surface area contributed by atoms with Crippen LogP contribution in [0.25, 0.3) is 0 Å². The molecule has 0 N–H and O–H groups in total. The maximum atomic E-state index is 13.2. The first-order valence-corrected chi connectivity index (χ1v) is 13.6. The number of carbonyl (C=O) groups is 1. The van der Waals surface area contributed by atoms with E-state index in [2.05, 4.69) is 37.9 Å². The summed E-state index contributed by atoms with van der Waals surface area (Å²) in [5, 5.41) is 25.2. The Hall–Kier alpha value is -2.16. The van der Waals surface area contributed by atoms with Crippen LogP contribution in [0.5, 0.6) is 0 Å². The number of hydrogen-bond acceptors (Lipinski definition) is 3. The molecule has 1 amide bonds. The highest BCUT2D eigenvalue weighted by atomic mass is 79.9. The first kappa shape index (κ1) is 24.5. The van der Waals surface area contributed by atoms with Gasteiger partial charge in [-0.05, 0) is 82.4 Å². The third-order valence-corrected chi connectivity index (χ3v) is 8.47. The van der Waals surface area contributed by atoms with Crippen molar-refractivity contribution in [3.8, 4) is 0 Å². The zero-order chi connectivity index (χ0) is 24.7. The summed E-state index contributed by atoms with van der Waals surface area (Å²) in [6.45, 7) is 1.28. The normalized spacial score (nSPS) is 18.0. The maximum absolute atomic E-state index is 13.2. The van der Waals surface area contributed by atoms with E-state index in [1.54, 1.807) is 18.3 Å². The molecular weight excluding hydrogens is 598 g/mol. The Kier molecular flexibility index (Phi) is 7.06. The van der Waals surface area contributed by atoms with Crippen molar-refractivity contribution in [3.63, 3.8) is 0 Å². The highest BCUT2D eigenvalue weighted by Gasteiger charge is 2.40. The van der Waals surface area contributed by atoms with Crippen LogP contribution in [0.1, 0.15) is 46.7 Å². The number of likely N-dealkylation sites (tertiary alicyclic amines) is 1. The number of amides is 1. The molecule has 5 rings (SSSR count). The molecule has 6 nitrogen and oxygen atoms in total. The number of piperidine rings is 1. The smallest absolute Gasteiger partial charge is 0.226 e. The van der Waals surface area contributed by atoms with Gasteiger partial charge >= 0.3 is 0 Å². The van der Waals surface area contributed by atoms with Gasteiger partial charge in [0.1, 0.15) is 0 Å². The molecule has 35 heavy (non-hydrogen) atoms. The summed E-state index contributed by atoms with van der Waals surface area (Å²) in [6.07, 6.45) is 7.87. The number of benzene rings is 1. The third-order valence-electron chi connectivity index (χ3n) is 7.16. The summed E-state index contributed by atoms with van der Waals surface area (Å²) in [5.41, 5.74) is 4.99. The van der Waals surface area contributed by atoms with Gasteiger partial charge in [0.15, 0.2) is 18.6 Å². The highest BCUT2D eigenvalue weighted by Crippen LogP contribution is 2.45. The van der Waals surface area contributed by atoms with Crippen LogP contribution in [-0.2, 0) is 24.1 Å². The number of aryl methyl sites for hydroxylation is 2. The molecule has 0 radical (unpaired) electrons. The third kappa shape index (κ3) is 5.06. The molecule has 0 saturated carbocycles. The fraction of sp³-hybridized carbons (Fsp3) is 0.346. The van der Waals surface area contributed by atoms with E-state index in [1.165, 1.54) is 18.0 Å². The second-order valence-corrected chi connectivity index (χ2v) is 11.5. The van der Waals surface area contributed by atoms with Crippen molar-refractivity contribution < 1.29 is 14.3 Å².